The van der Waals surface area contributed by atoms with E-state index in [0.29, 0.717) is 6.61 Å². The van der Waals surface area contributed by atoms with Gasteiger partial charge in [-0.2, -0.15) is 0 Å². The minimum atomic E-state index is 0.692. The third-order valence-electron chi connectivity index (χ3n) is 3.55. The Balaban J connectivity index is 1.96. The molecule has 0 fully saturated rings. The first kappa shape index (κ1) is 13.5. The first-order valence-corrected chi connectivity index (χ1v) is 7.11. The van der Waals surface area contributed by atoms with Crippen molar-refractivity contribution in [3.63, 3.8) is 0 Å². The Labute approximate surface area is 124 Å². The second-order valence-corrected chi connectivity index (χ2v) is 4.89. The summed E-state index contributed by atoms with van der Waals surface area (Å²) in [6.45, 7) is 2.68. The lowest BCUT2D eigenvalue weighted by Gasteiger charge is -2.07. The molecule has 0 saturated heterocycles. The van der Waals surface area contributed by atoms with Crippen LogP contribution in [0.15, 0.2) is 60.7 Å². The second-order valence-electron chi connectivity index (χ2n) is 4.89. The van der Waals surface area contributed by atoms with Crippen LogP contribution >= 0.6 is 0 Å². The summed E-state index contributed by atoms with van der Waals surface area (Å²) < 4.78 is 10.7. The van der Waals surface area contributed by atoms with Crippen molar-refractivity contribution >= 4 is 10.8 Å². The molecule has 0 atom stereocenters. The Morgan fingerprint density at radius 2 is 1.33 bits per heavy atom. The molecular formula is C19H18O2. The van der Waals surface area contributed by atoms with Gasteiger partial charge in [0.25, 0.3) is 0 Å². The van der Waals surface area contributed by atoms with E-state index in [2.05, 4.69) is 42.5 Å². The monoisotopic (exact) mass is 278 g/mol. The molecule has 21 heavy (non-hydrogen) atoms. The van der Waals surface area contributed by atoms with Crippen molar-refractivity contribution in [1.82, 2.24) is 0 Å². The maximum absolute atomic E-state index is 5.48. The van der Waals surface area contributed by atoms with Gasteiger partial charge in [0.05, 0.1) is 13.7 Å². The Kier molecular flexibility index (Phi) is 3.78. The number of hydrogen-bond donors (Lipinski definition) is 0. The van der Waals surface area contributed by atoms with Crippen molar-refractivity contribution in [1.29, 1.82) is 0 Å². The van der Waals surface area contributed by atoms with E-state index in [-0.39, 0.29) is 0 Å². The van der Waals surface area contributed by atoms with E-state index >= 15 is 0 Å². The highest BCUT2D eigenvalue weighted by molar-refractivity contribution is 5.88. The molecule has 0 aliphatic rings. The lowest BCUT2D eigenvalue weighted by atomic mass is 10.0. The van der Waals surface area contributed by atoms with Crippen LogP contribution in [0.25, 0.3) is 21.9 Å². The molecule has 0 N–H and O–H groups in total. The summed E-state index contributed by atoms with van der Waals surface area (Å²) >= 11 is 0. The van der Waals surface area contributed by atoms with Gasteiger partial charge in [0.2, 0.25) is 0 Å². The molecule has 0 aliphatic heterocycles. The molecular weight excluding hydrogens is 260 g/mol. The average molecular weight is 278 g/mol. The van der Waals surface area contributed by atoms with Gasteiger partial charge in [-0.15, -0.1) is 0 Å². The van der Waals surface area contributed by atoms with Crippen LogP contribution in [0.4, 0.5) is 0 Å². The van der Waals surface area contributed by atoms with Gasteiger partial charge in [-0.05, 0) is 59.2 Å². The van der Waals surface area contributed by atoms with Crippen LogP contribution in [-0.4, -0.2) is 13.7 Å². The predicted molar refractivity (Wildman–Crippen MR) is 87.1 cm³/mol. The Morgan fingerprint density at radius 1 is 0.714 bits per heavy atom. The summed E-state index contributed by atoms with van der Waals surface area (Å²) in [5, 5.41) is 2.39. The fraction of sp³-hybridized carbons (Fsp3) is 0.158. The van der Waals surface area contributed by atoms with Gasteiger partial charge < -0.3 is 9.47 Å². The van der Waals surface area contributed by atoms with Gasteiger partial charge in [0, 0.05) is 0 Å². The number of methoxy groups -OCH3 is 1. The van der Waals surface area contributed by atoms with E-state index in [1.165, 1.54) is 21.9 Å². The van der Waals surface area contributed by atoms with Gasteiger partial charge in [0.15, 0.2) is 0 Å². The fourth-order valence-corrected chi connectivity index (χ4v) is 2.44. The molecule has 0 aromatic heterocycles. The molecule has 0 saturated carbocycles. The van der Waals surface area contributed by atoms with Crippen molar-refractivity contribution in [2.45, 2.75) is 6.92 Å². The molecule has 0 heterocycles. The summed E-state index contributed by atoms with van der Waals surface area (Å²) in [5.74, 6) is 1.79. The van der Waals surface area contributed by atoms with Gasteiger partial charge in [-0.25, -0.2) is 0 Å². The number of hydrogen-bond acceptors (Lipinski definition) is 2. The first-order chi connectivity index (χ1) is 10.3. The highest BCUT2D eigenvalue weighted by Gasteiger charge is 2.02. The van der Waals surface area contributed by atoms with Crippen molar-refractivity contribution in [2.75, 3.05) is 13.7 Å². The van der Waals surface area contributed by atoms with E-state index < -0.39 is 0 Å². The van der Waals surface area contributed by atoms with E-state index in [9.17, 15) is 0 Å². The fourth-order valence-electron chi connectivity index (χ4n) is 2.44. The third-order valence-corrected chi connectivity index (χ3v) is 3.55. The molecule has 0 amide bonds. The number of fused-ring (bicyclic) bond motifs is 1. The summed E-state index contributed by atoms with van der Waals surface area (Å²) in [4.78, 5) is 0. The van der Waals surface area contributed by atoms with Gasteiger partial charge in [0.1, 0.15) is 11.5 Å². The molecule has 106 valence electrons. The predicted octanol–water partition coefficient (Wildman–Crippen LogP) is 4.91. The smallest absolute Gasteiger partial charge is 0.119 e. The van der Waals surface area contributed by atoms with Crippen molar-refractivity contribution in [3.8, 4) is 22.6 Å². The Bertz CT molecular complexity index is 745. The lowest BCUT2D eigenvalue weighted by Crippen LogP contribution is -1.90. The maximum Gasteiger partial charge on any atom is 0.119 e. The summed E-state index contributed by atoms with van der Waals surface area (Å²) in [5.41, 5.74) is 2.40. The zero-order valence-corrected chi connectivity index (χ0v) is 12.3. The topological polar surface area (TPSA) is 18.5 Å². The van der Waals surface area contributed by atoms with Crippen molar-refractivity contribution < 1.29 is 9.47 Å². The molecule has 3 aromatic carbocycles. The standard InChI is InChI=1S/C19H18O2/c1-3-21-18-9-6-14(7-10-18)15-4-5-17-13-19(20-2)11-8-16(17)12-15/h4-13H,3H2,1-2H3. The molecule has 0 bridgehead atoms. The second kappa shape index (κ2) is 5.88. The zero-order chi connectivity index (χ0) is 14.7. The Morgan fingerprint density at radius 3 is 2.05 bits per heavy atom. The highest BCUT2D eigenvalue weighted by atomic mass is 16.5. The number of rotatable bonds is 4. The van der Waals surface area contributed by atoms with Gasteiger partial charge in [-0.1, -0.05) is 30.3 Å². The van der Waals surface area contributed by atoms with E-state index in [1.54, 1.807) is 7.11 Å². The average Bonchev–Trinajstić information content (AvgIpc) is 2.55. The van der Waals surface area contributed by atoms with Gasteiger partial charge in [-0.3, -0.25) is 0 Å². The lowest BCUT2D eigenvalue weighted by molar-refractivity contribution is 0.340. The van der Waals surface area contributed by atoms with Gasteiger partial charge >= 0.3 is 0 Å². The van der Waals surface area contributed by atoms with E-state index in [4.69, 9.17) is 9.47 Å². The molecule has 3 aromatic rings. The summed E-state index contributed by atoms with van der Waals surface area (Å²) in [6.07, 6.45) is 0. The van der Waals surface area contributed by atoms with E-state index in [0.717, 1.165) is 11.5 Å². The van der Waals surface area contributed by atoms with Crippen LogP contribution in [0.1, 0.15) is 6.92 Å². The SMILES string of the molecule is CCOc1ccc(-c2ccc3cc(OC)ccc3c2)cc1. The van der Waals surface area contributed by atoms with E-state index in [1.807, 2.05) is 25.1 Å². The van der Waals surface area contributed by atoms with Crippen LogP contribution in [0, 0.1) is 0 Å². The van der Waals surface area contributed by atoms with Crippen molar-refractivity contribution in [2.24, 2.45) is 0 Å². The minimum absolute atomic E-state index is 0.692. The largest absolute Gasteiger partial charge is 0.497 e. The maximum atomic E-state index is 5.48. The van der Waals surface area contributed by atoms with Crippen LogP contribution in [0.2, 0.25) is 0 Å². The van der Waals surface area contributed by atoms with Crippen LogP contribution in [0.5, 0.6) is 11.5 Å². The molecule has 2 nitrogen and oxygen atoms in total. The zero-order valence-electron chi connectivity index (χ0n) is 12.3. The normalized spacial score (nSPS) is 10.6. The molecule has 2 heteroatoms. The highest BCUT2D eigenvalue weighted by Crippen LogP contribution is 2.28. The number of ether oxygens (including phenoxy) is 2. The molecule has 0 spiro atoms. The first-order valence-electron chi connectivity index (χ1n) is 7.11. The molecule has 0 radical (unpaired) electrons. The minimum Gasteiger partial charge on any atom is -0.497 e. The van der Waals surface area contributed by atoms with Crippen LogP contribution < -0.4 is 9.47 Å². The third kappa shape index (κ3) is 2.84. The van der Waals surface area contributed by atoms with Crippen LogP contribution in [0.3, 0.4) is 0 Å². The Hall–Kier alpha value is -2.48. The van der Waals surface area contributed by atoms with Crippen molar-refractivity contribution in [3.05, 3.63) is 60.7 Å². The summed E-state index contributed by atoms with van der Waals surface area (Å²) in [7, 11) is 1.69. The molecule has 0 aliphatic carbocycles. The van der Waals surface area contributed by atoms with Crippen LogP contribution in [-0.2, 0) is 0 Å². The molecule has 3 rings (SSSR count). The molecule has 0 unspecified atom stereocenters. The number of benzene rings is 3. The quantitative estimate of drug-likeness (QED) is 0.674. The summed E-state index contributed by atoms with van der Waals surface area (Å²) in [6, 6.07) is 20.8.